The van der Waals surface area contributed by atoms with E-state index >= 15 is 0 Å². The normalized spacial score (nSPS) is 19.6. The molecule has 1 atom stereocenters. The molecule has 1 aliphatic heterocycles. The predicted octanol–water partition coefficient (Wildman–Crippen LogP) is 1.84. The van der Waals surface area contributed by atoms with Gasteiger partial charge in [-0.2, -0.15) is 0 Å². The van der Waals surface area contributed by atoms with Crippen molar-refractivity contribution in [3.8, 4) is 5.88 Å². The number of pyridine rings is 1. The van der Waals surface area contributed by atoms with Gasteiger partial charge in [-0.15, -0.1) is 5.10 Å². The van der Waals surface area contributed by atoms with Crippen molar-refractivity contribution >= 4 is 11.4 Å². The van der Waals surface area contributed by atoms with Crippen molar-refractivity contribution in [2.24, 2.45) is 5.16 Å². The molecule has 0 N–H and O–H groups in total. The molecule has 82 valence electrons. The molecule has 0 amide bonds. The van der Waals surface area contributed by atoms with Crippen molar-refractivity contribution in [1.82, 2.24) is 9.61 Å². The lowest BCUT2D eigenvalue weighted by atomic mass is 10.3. The van der Waals surface area contributed by atoms with Crippen LogP contribution in [-0.2, 0) is 4.84 Å². The summed E-state index contributed by atoms with van der Waals surface area (Å²) in [5.74, 6) is 1.12. The first kappa shape index (κ1) is 9.21. The maximum atomic E-state index is 5.52. The Labute approximate surface area is 92.3 Å². The average Bonchev–Trinajstić information content (AvgIpc) is 2.84. The first-order chi connectivity index (χ1) is 7.81. The van der Waals surface area contributed by atoms with Crippen LogP contribution in [-0.4, -0.2) is 21.6 Å². The number of ether oxygens (including phenoxy) is 1. The molecule has 0 fully saturated rings. The van der Waals surface area contributed by atoms with Crippen LogP contribution in [0, 0.1) is 0 Å². The third-order valence-corrected chi connectivity index (χ3v) is 2.37. The van der Waals surface area contributed by atoms with Gasteiger partial charge in [0.15, 0.2) is 0 Å². The summed E-state index contributed by atoms with van der Waals surface area (Å²) in [6.07, 6.45) is 2.65. The molecule has 3 heterocycles. The van der Waals surface area contributed by atoms with E-state index < -0.39 is 0 Å². The van der Waals surface area contributed by atoms with Crippen LogP contribution in [0.3, 0.4) is 0 Å². The highest BCUT2D eigenvalue weighted by Gasteiger charge is 2.19. The molecule has 2 aromatic rings. The van der Waals surface area contributed by atoms with Gasteiger partial charge in [-0.25, -0.2) is 4.52 Å². The van der Waals surface area contributed by atoms with Crippen LogP contribution < -0.4 is 4.74 Å². The summed E-state index contributed by atoms with van der Waals surface area (Å²) in [5.41, 5.74) is 0.991. The van der Waals surface area contributed by atoms with E-state index in [-0.39, 0.29) is 6.10 Å². The molecule has 5 heteroatoms. The lowest BCUT2D eigenvalue weighted by molar-refractivity contribution is 0.0992. The molecule has 1 aliphatic rings. The van der Waals surface area contributed by atoms with Crippen LogP contribution in [0.4, 0.5) is 0 Å². The third kappa shape index (κ3) is 1.60. The molecular weight excluding hydrogens is 206 g/mol. The van der Waals surface area contributed by atoms with Crippen LogP contribution in [0.15, 0.2) is 35.6 Å². The maximum Gasteiger partial charge on any atom is 0.240 e. The van der Waals surface area contributed by atoms with Gasteiger partial charge in [0, 0.05) is 12.3 Å². The van der Waals surface area contributed by atoms with Crippen LogP contribution in [0.1, 0.15) is 13.3 Å². The molecule has 0 spiro atoms. The molecule has 0 saturated heterocycles. The van der Waals surface area contributed by atoms with Gasteiger partial charge in [-0.05, 0) is 19.1 Å². The van der Waals surface area contributed by atoms with Crippen molar-refractivity contribution in [2.75, 3.05) is 0 Å². The van der Waals surface area contributed by atoms with E-state index in [1.807, 2.05) is 37.4 Å². The topological polar surface area (TPSA) is 48.1 Å². The monoisotopic (exact) mass is 217 g/mol. The molecule has 0 bridgehead atoms. The van der Waals surface area contributed by atoms with Gasteiger partial charge in [-0.1, -0.05) is 11.2 Å². The fourth-order valence-electron chi connectivity index (χ4n) is 1.61. The quantitative estimate of drug-likeness (QED) is 0.732. The molecule has 16 heavy (non-hydrogen) atoms. The number of oxime groups is 1. The fraction of sp³-hybridized carbons (Fsp3) is 0.273. The van der Waals surface area contributed by atoms with E-state index in [0.29, 0.717) is 18.2 Å². The lowest BCUT2D eigenvalue weighted by Crippen LogP contribution is -2.08. The van der Waals surface area contributed by atoms with E-state index in [4.69, 9.17) is 9.57 Å². The van der Waals surface area contributed by atoms with E-state index in [1.165, 1.54) is 0 Å². The van der Waals surface area contributed by atoms with Gasteiger partial charge < -0.3 is 9.57 Å². The standard InChI is InChI=1S/C11H11N3O2/c1-8-6-11(13-16-8)15-10-7-9-4-2-3-5-14(9)12-10/h2-5,7-8H,6H2,1H3. The largest absolute Gasteiger partial charge is 0.420 e. The Morgan fingerprint density at radius 2 is 2.44 bits per heavy atom. The van der Waals surface area contributed by atoms with Gasteiger partial charge in [0.25, 0.3) is 0 Å². The maximum absolute atomic E-state index is 5.52. The molecule has 0 aliphatic carbocycles. The lowest BCUT2D eigenvalue weighted by Gasteiger charge is -1.97. The Bertz CT molecular complexity index is 514. The zero-order chi connectivity index (χ0) is 11.0. The minimum absolute atomic E-state index is 0.0898. The van der Waals surface area contributed by atoms with Crippen molar-refractivity contribution < 1.29 is 9.57 Å². The summed E-state index contributed by atoms with van der Waals surface area (Å²) >= 11 is 0. The molecule has 3 rings (SSSR count). The highest BCUT2D eigenvalue weighted by Crippen LogP contribution is 2.16. The molecule has 0 radical (unpaired) electrons. The molecule has 0 saturated carbocycles. The minimum Gasteiger partial charge on any atom is -0.420 e. The number of hydrogen-bond donors (Lipinski definition) is 0. The highest BCUT2D eigenvalue weighted by atomic mass is 16.7. The molecule has 0 aromatic carbocycles. The van der Waals surface area contributed by atoms with Crippen LogP contribution in [0.25, 0.3) is 5.52 Å². The van der Waals surface area contributed by atoms with Gasteiger partial charge in [-0.3, -0.25) is 0 Å². The number of rotatable bonds is 1. The number of nitrogens with zero attached hydrogens (tertiary/aromatic N) is 3. The average molecular weight is 217 g/mol. The van der Waals surface area contributed by atoms with Crippen LogP contribution in [0.5, 0.6) is 5.88 Å². The Kier molecular flexibility index (Phi) is 2.02. The molecular formula is C11H11N3O2. The minimum atomic E-state index is 0.0898. The van der Waals surface area contributed by atoms with Crippen molar-refractivity contribution in [3.05, 3.63) is 30.5 Å². The molecule has 1 unspecified atom stereocenters. The zero-order valence-corrected chi connectivity index (χ0v) is 8.83. The van der Waals surface area contributed by atoms with Crippen LogP contribution in [0.2, 0.25) is 0 Å². The smallest absolute Gasteiger partial charge is 0.240 e. The second kappa shape index (κ2) is 3.52. The van der Waals surface area contributed by atoms with E-state index in [0.717, 1.165) is 5.52 Å². The Balaban J connectivity index is 1.84. The summed E-state index contributed by atoms with van der Waals surface area (Å²) in [6.45, 7) is 1.95. The Hall–Kier alpha value is -2.04. The summed E-state index contributed by atoms with van der Waals surface area (Å²) in [5, 5.41) is 8.09. The summed E-state index contributed by atoms with van der Waals surface area (Å²) in [6, 6.07) is 7.71. The van der Waals surface area contributed by atoms with Crippen molar-refractivity contribution in [2.45, 2.75) is 19.4 Å². The predicted molar refractivity (Wildman–Crippen MR) is 58.4 cm³/mol. The van der Waals surface area contributed by atoms with Gasteiger partial charge in [0.1, 0.15) is 6.10 Å². The number of fused-ring (bicyclic) bond motifs is 1. The summed E-state index contributed by atoms with van der Waals surface area (Å²) in [7, 11) is 0. The first-order valence-electron chi connectivity index (χ1n) is 5.16. The number of aromatic nitrogens is 2. The molecule has 5 nitrogen and oxygen atoms in total. The SMILES string of the molecule is CC1CC(Oc2cc3ccccn3n2)=NO1. The summed E-state index contributed by atoms with van der Waals surface area (Å²) < 4.78 is 7.28. The van der Waals surface area contributed by atoms with E-state index in [1.54, 1.807) is 4.52 Å². The molecule has 2 aromatic heterocycles. The highest BCUT2D eigenvalue weighted by molar-refractivity contribution is 5.79. The third-order valence-electron chi connectivity index (χ3n) is 2.37. The zero-order valence-electron chi connectivity index (χ0n) is 8.83. The van der Waals surface area contributed by atoms with Gasteiger partial charge in [0.05, 0.1) is 11.9 Å². The number of hydrogen-bond acceptors (Lipinski definition) is 4. The first-order valence-corrected chi connectivity index (χ1v) is 5.16. The van der Waals surface area contributed by atoms with Gasteiger partial charge in [0.2, 0.25) is 11.8 Å². The van der Waals surface area contributed by atoms with Crippen LogP contribution >= 0.6 is 0 Å². The van der Waals surface area contributed by atoms with Crippen molar-refractivity contribution in [1.29, 1.82) is 0 Å². The second-order valence-corrected chi connectivity index (χ2v) is 3.76. The Morgan fingerprint density at radius 1 is 1.50 bits per heavy atom. The van der Waals surface area contributed by atoms with E-state index in [2.05, 4.69) is 10.3 Å². The van der Waals surface area contributed by atoms with Crippen molar-refractivity contribution in [3.63, 3.8) is 0 Å². The van der Waals surface area contributed by atoms with Gasteiger partial charge >= 0.3 is 0 Å². The fourth-order valence-corrected chi connectivity index (χ4v) is 1.61. The summed E-state index contributed by atoms with van der Waals surface area (Å²) in [4.78, 5) is 5.04. The van der Waals surface area contributed by atoms with E-state index in [9.17, 15) is 0 Å². The second-order valence-electron chi connectivity index (χ2n) is 3.76. The Morgan fingerprint density at radius 3 is 3.19 bits per heavy atom.